The Balaban J connectivity index is 1.39. The maximum atomic E-state index is 12.6. The Bertz CT molecular complexity index is 1150. The normalized spacial score (nSPS) is 14.9. The lowest BCUT2D eigenvalue weighted by Gasteiger charge is -2.22. The Hall–Kier alpha value is -3.06. The molecule has 0 saturated heterocycles. The molecule has 3 aromatic heterocycles. The number of nitrogens with zero attached hydrogens (tertiary/aromatic N) is 3. The lowest BCUT2D eigenvalue weighted by Crippen LogP contribution is -2.35. The molecule has 1 saturated carbocycles. The highest BCUT2D eigenvalue weighted by molar-refractivity contribution is 7.17. The van der Waals surface area contributed by atoms with Crippen LogP contribution >= 0.6 is 11.3 Å². The summed E-state index contributed by atoms with van der Waals surface area (Å²) >= 11 is 1.35. The van der Waals surface area contributed by atoms with Crippen LogP contribution in [0.3, 0.4) is 0 Å². The van der Waals surface area contributed by atoms with Gasteiger partial charge in [-0.3, -0.25) is 9.78 Å². The van der Waals surface area contributed by atoms with Crippen molar-refractivity contribution in [3.8, 4) is 21.8 Å². The maximum absolute atomic E-state index is 12.6. The van der Waals surface area contributed by atoms with Crippen molar-refractivity contribution in [2.45, 2.75) is 38.1 Å². The van der Waals surface area contributed by atoms with Crippen LogP contribution in [0, 0.1) is 0 Å². The number of carbonyl (C=O) groups excluding carboxylic acids is 1. The molecule has 4 aromatic rings. The largest absolute Gasteiger partial charge is 0.356 e. The standard InChI is InChI=1S/C22H20N4O2S/c27-21(25-16-4-2-1-3-5-16)19-13-24-22(29-19)20-17-7-6-15(12-18(17)28-26-20)14-8-10-23-11-9-14/h6-13,16H,1-5H2,(H,25,27). The number of benzene rings is 1. The summed E-state index contributed by atoms with van der Waals surface area (Å²) in [6.07, 6.45) is 10.9. The van der Waals surface area contributed by atoms with Crippen LogP contribution in [0.5, 0.6) is 0 Å². The lowest BCUT2D eigenvalue weighted by atomic mass is 9.95. The van der Waals surface area contributed by atoms with E-state index in [0.29, 0.717) is 21.2 Å². The van der Waals surface area contributed by atoms with Gasteiger partial charge in [0.05, 0.1) is 11.6 Å². The molecular weight excluding hydrogens is 384 g/mol. The first kappa shape index (κ1) is 18.0. The number of fused-ring (bicyclic) bond motifs is 1. The fourth-order valence-electron chi connectivity index (χ4n) is 3.81. The molecule has 0 bridgehead atoms. The number of carbonyl (C=O) groups is 1. The summed E-state index contributed by atoms with van der Waals surface area (Å²) in [5, 5.41) is 8.93. The van der Waals surface area contributed by atoms with Crippen LogP contribution < -0.4 is 5.32 Å². The van der Waals surface area contributed by atoms with Crippen LogP contribution in [-0.4, -0.2) is 27.1 Å². The molecule has 3 heterocycles. The summed E-state index contributed by atoms with van der Waals surface area (Å²) in [5.41, 5.74) is 3.46. The van der Waals surface area contributed by atoms with Gasteiger partial charge in [-0.05, 0) is 48.2 Å². The molecule has 1 aromatic carbocycles. The van der Waals surface area contributed by atoms with E-state index in [2.05, 4.69) is 20.4 Å². The van der Waals surface area contributed by atoms with Gasteiger partial charge in [-0.1, -0.05) is 30.5 Å². The molecule has 0 atom stereocenters. The van der Waals surface area contributed by atoms with Crippen molar-refractivity contribution in [3.63, 3.8) is 0 Å². The summed E-state index contributed by atoms with van der Waals surface area (Å²) in [7, 11) is 0. The second kappa shape index (κ2) is 7.75. The van der Waals surface area contributed by atoms with Crippen molar-refractivity contribution in [2.24, 2.45) is 0 Å². The first-order valence-corrected chi connectivity index (χ1v) is 10.7. The van der Waals surface area contributed by atoms with E-state index in [9.17, 15) is 4.79 Å². The van der Waals surface area contributed by atoms with Crippen molar-refractivity contribution >= 4 is 28.2 Å². The summed E-state index contributed by atoms with van der Waals surface area (Å²) < 4.78 is 5.56. The van der Waals surface area contributed by atoms with Gasteiger partial charge >= 0.3 is 0 Å². The third-order valence-electron chi connectivity index (χ3n) is 5.36. The Labute approximate surface area is 172 Å². The van der Waals surface area contributed by atoms with Gasteiger partial charge in [-0.15, -0.1) is 11.3 Å². The maximum Gasteiger partial charge on any atom is 0.263 e. The minimum absolute atomic E-state index is 0.0478. The molecule has 0 spiro atoms. The molecule has 1 fully saturated rings. The average Bonchev–Trinajstić information content (AvgIpc) is 3.42. The second-order valence-corrected chi connectivity index (χ2v) is 8.35. The molecule has 0 unspecified atom stereocenters. The fraction of sp³-hybridized carbons (Fsp3) is 0.273. The van der Waals surface area contributed by atoms with Gasteiger partial charge in [0.2, 0.25) is 0 Å². The summed E-state index contributed by atoms with van der Waals surface area (Å²) in [5.74, 6) is -0.0478. The first-order chi connectivity index (χ1) is 14.3. The molecule has 1 amide bonds. The highest BCUT2D eigenvalue weighted by atomic mass is 32.1. The topological polar surface area (TPSA) is 80.9 Å². The van der Waals surface area contributed by atoms with Crippen LogP contribution in [0.4, 0.5) is 0 Å². The van der Waals surface area contributed by atoms with Crippen LogP contribution in [0.15, 0.2) is 53.4 Å². The molecule has 6 nitrogen and oxygen atoms in total. The molecule has 7 heteroatoms. The van der Waals surface area contributed by atoms with E-state index in [4.69, 9.17) is 4.52 Å². The molecule has 29 heavy (non-hydrogen) atoms. The third-order valence-corrected chi connectivity index (χ3v) is 6.36. The zero-order valence-electron chi connectivity index (χ0n) is 15.8. The molecule has 1 aliphatic rings. The average molecular weight is 404 g/mol. The first-order valence-electron chi connectivity index (χ1n) is 9.85. The van der Waals surface area contributed by atoms with Gasteiger partial charge in [0.25, 0.3) is 5.91 Å². The summed E-state index contributed by atoms with van der Waals surface area (Å²) in [6.45, 7) is 0. The third kappa shape index (κ3) is 3.65. The summed E-state index contributed by atoms with van der Waals surface area (Å²) in [4.78, 5) is 21.7. The second-order valence-electron chi connectivity index (χ2n) is 7.32. The monoisotopic (exact) mass is 404 g/mol. The zero-order chi connectivity index (χ0) is 19.6. The van der Waals surface area contributed by atoms with E-state index in [1.807, 2.05) is 30.3 Å². The molecule has 1 aliphatic carbocycles. The predicted molar refractivity (Wildman–Crippen MR) is 113 cm³/mol. The molecule has 146 valence electrons. The lowest BCUT2D eigenvalue weighted by molar-refractivity contribution is 0.0931. The number of thiazole rings is 1. The van der Waals surface area contributed by atoms with E-state index >= 15 is 0 Å². The number of hydrogen-bond acceptors (Lipinski definition) is 6. The molecule has 0 radical (unpaired) electrons. The molecular formula is C22H20N4O2S. The van der Waals surface area contributed by atoms with Crippen LogP contribution in [0.25, 0.3) is 32.8 Å². The van der Waals surface area contributed by atoms with E-state index < -0.39 is 0 Å². The SMILES string of the molecule is O=C(NC1CCCCC1)c1cnc(-c2noc3cc(-c4ccncc4)ccc23)s1. The van der Waals surface area contributed by atoms with Gasteiger partial charge < -0.3 is 9.84 Å². The minimum Gasteiger partial charge on any atom is -0.356 e. The van der Waals surface area contributed by atoms with Gasteiger partial charge in [0.1, 0.15) is 15.6 Å². The van der Waals surface area contributed by atoms with Crippen molar-refractivity contribution in [1.29, 1.82) is 0 Å². The molecule has 0 aliphatic heterocycles. The number of hydrogen-bond donors (Lipinski definition) is 1. The van der Waals surface area contributed by atoms with Gasteiger partial charge in [-0.2, -0.15) is 0 Å². The summed E-state index contributed by atoms with van der Waals surface area (Å²) in [6, 6.07) is 10.2. The number of amides is 1. The van der Waals surface area contributed by atoms with Crippen molar-refractivity contribution < 1.29 is 9.32 Å². The van der Waals surface area contributed by atoms with Crippen LogP contribution in [0.2, 0.25) is 0 Å². The van der Waals surface area contributed by atoms with E-state index in [1.165, 1.54) is 30.6 Å². The van der Waals surface area contributed by atoms with Gasteiger partial charge in [0.15, 0.2) is 5.58 Å². The molecule has 5 rings (SSSR count). The predicted octanol–water partition coefficient (Wildman–Crippen LogP) is 5.08. The number of pyridine rings is 1. The zero-order valence-corrected chi connectivity index (χ0v) is 16.6. The van der Waals surface area contributed by atoms with Gasteiger partial charge in [-0.25, -0.2) is 4.98 Å². The van der Waals surface area contributed by atoms with Gasteiger partial charge in [0, 0.05) is 18.4 Å². The van der Waals surface area contributed by atoms with E-state index in [-0.39, 0.29) is 11.9 Å². The van der Waals surface area contributed by atoms with E-state index in [0.717, 1.165) is 29.4 Å². The number of aromatic nitrogens is 3. The fourth-order valence-corrected chi connectivity index (χ4v) is 4.62. The number of nitrogens with one attached hydrogen (secondary N) is 1. The highest BCUT2D eigenvalue weighted by Crippen LogP contribution is 2.33. The Morgan fingerprint density at radius 3 is 2.72 bits per heavy atom. The van der Waals surface area contributed by atoms with Crippen LogP contribution in [-0.2, 0) is 0 Å². The minimum atomic E-state index is -0.0478. The van der Waals surface area contributed by atoms with Crippen molar-refractivity contribution in [1.82, 2.24) is 20.4 Å². The highest BCUT2D eigenvalue weighted by Gasteiger charge is 2.20. The Kier molecular flexibility index (Phi) is 4.81. The smallest absolute Gasteiger partial charge is 0.263 e. The quantitative estimate of drug-likeness (QED) is 0.513. The van der Waals surface area contributed by atoms with E-state index in [1.54, 1.807) is 18.6 Å². The Morgan fingerprint density at radius 2 is 1.90 bits per heavy atom. The van der Waals surface area contributed by atoms with Crippen molar-refractivity contribution in [2.75, 3.05) is 0 Å². The van der Waals surface area contributed by atoms with Crippen molar-refractivity contribution in [3.05, 3.63) is 53.8 Å². The molecule has 1 N–H and O–H groups in total. The number of rotatable bonds is 4. The Morgan fingerprint density at radius 1 is 1.07 bits per heavy atom. The van der Waals surface area contributed by atoms with Crippen LogP contribution in [0.1, 0.15) is 41.8 Å².